The van der Waals surface area contributed by atoms with Gasteiger partial charge >= 0.3 is 0 Å². The molecule has 1 atom stereocenters. The molecule has 1 saturated heterocycles. The van der Waals surface area contributed by atoms with Crippen LogP contribution in [-0.4, -0.2) is 54.0 Å². The molecule has 0 bridgehead atoms. The highest BCUT2D eigenvalue weighted by atomic mass is 16.2. The SMILES string of the molecule is NC(=O)[C@H]1CC(C(=O)NCC(=O)N2CCCC2)=NN1c1ccccc1. The molecule has 3 rings (SSSR count). The molecule has 25 heavy (non-hydrogen) atoms. The molecule has 1 aromatic rings. The summed E-state index contributed by atoms with van der Waals surface area (Å²) in [5, 5.41) is 8.30. The van der Waals surface area contributed by atoms with Gasteiger partial charge in [-0.05, 0) is 25.0 Å². The zero-order valence-corrected chi connectivity index (χ0v) is 13.9. The van der Waals surface area contributed by atoms with Gasteiger partial charge in [-0.25, -0.2) is 0 Å². The highest BCUT2D eigenvalue weighted by Crippen LogP contribution is 2.24. The van der Waals surface area contributed by atoms with Crippen molar-refractivity contribution in [2.24, 2.45) is 10.8 Å². The van der Waals surface area contributed by atoms with E-state index in [1.165, 1.54) is 5.01 Å². The zero-order chi connectivity index (χ0) is 17.8. The van der Waals surface area contributed by atoms with Crippen molar-refractivity contribution in [3.05, 3.63) is 30.3 Å². The Morgan fingerprint density at radius 3 is 2.48 bits per heavy atom. The number of amides is 3. The Kier molecular flexibility index (Phi) is 4.97. The minimum absolute atomic E-state index is 0.0651. The molecule has 0 radical (unpaired) electrons. The Morgan fingerprint density at radius 2 is 1.84 bits per heavy atom. The second-order valence-electron chi connectivity index (χ2n) is 6.12. The van der Waals surface area contributed by atoms with Crippen LogP contribution in [0.25, 0.3) is 0 Å². The standard InChI is InChI=1S/C17H21N5O3/c18-16(24)14-10-13(20-22(14)12-6-2-1-3-7-12)17(25)19-11-15(23)21-8-4-5-9-21/h1-3,6-7,14H,4-5,8-11H2,(H2,18,24)(H,19,25)/t14-/m1/s1. The van der Waals surface area contributed by atoms with Crippen LogP contribution in [0, 0.1) is 0 Å². The third-order valence-corrected chi connectivity index (χ3v) is 4.38. The van der Waals surface area contributed by atoms with Gasteiger partial charge in [-0.15, -0.1) is 0 Å². The van der Waals surface area contributed by atoms with Crippen molar-refractivity contribution in [1.29, 1.82) is 0 Å². The Bertz CT molecular complexity index is 697. The highest BCUT2D eigenvalue weighted by molar-refractivity contribution is 6.40. The van der Waals surface area contributed by atoms with Crippen LogP contribution in [0.5, 0.6) is 0 Å². The van der Waals surface area contributed by atoms with Crippen LogP contribution in [0.15, 0.2) is 35.4 Å². The average molecular weight is 343 g/mol. The molecule has 0 saturated carbocycles. The second kappa shape index (κ2) is 7.33. The van der Waals surface area contributed by atoms with Crippen LogP contribution in [0.1, 0.15) is 19.3 Å². The van der Waals surface area contributed by atoms with E-state index in [2.05, 4.69) is 10.4 Å². The molecule has 8 nitrogen and oxygen atoms in total. The van der Waals surface area contributed by atoms with Gasteiger partial charge in [0.2, 0.25) is 11.8 Å². The number of benzene rings is 1. The summed E-state index contributed by atoms with van der Waals surface area (Å²) >= 11 is 0. The summed E-state index contributed by atoms with van der Waals surface area (Å²) in [6, 6.07) is 8.34. The van der Waals surface area contributed by atoms with Crippen LogP contribution in [0.4, 0.5) is 5.69 Å². The average Bonchev–Trinajstić information content (AvgIpc) is 3.29. The smallest absolute Gasteiger partial charge is 0.268 e. The van der Waals surface area contributed by atoms with Crippen molar-refractivity contribution in [3.63, 3.8) is 0 Å². The molecule has 0 unspecified atom stereocenters. The van der Waals surface area contributed by atoms with Crippen molar-refractivity contribution in [1.82, 2.24) is 10.2 Å². The Balaban J connectivity index is 1.65. The van der Waals surface area contributed by atoms with E-state index in [9.17, 15) is 14.4 Å². The van der Waals surface area contributed by atoms with Gasteiger partial charge in [-0.3, -0.25) is 19.4 Å². The number of nitrogens with two attached hydrogens (primary N) is 1. The van der Waals surface area contributed by atoms with E-state index in [0.29, 0.717) is 5.69 Å². The Labute approximate surface area is 145 Å². The lowest BCUT2D eigenvalue weighted by atomic mass is 10.1. The van der Waals surface area contributed by atoms with Crippen molar-refractivity contribution in [2.45, 2.75) is 25.3 Å². The lowest BCUT2D eigenvalue weighted by molar-refractivity contribution is -0.130. The molecule has 3 N–H and O–H groups in total. The third-order valence-electron chi connectivity index (χ3n) is 4.38. The van der Waals surface area contributed by atoms with Gasteiger partial charge in [0.15, 0.2) is 0 Å². The van der Waals surface area contributed by atoms with Gasteiger partial charge < -0.3 is 16.0 Å². The number of carbonyl (C=O) groups excluding carboxylic acids is 3. The van der Waals surface area contributed by atoms with Gasteiger partial charge in [-0.2, -0.15) is 5.10 Å². The summed E-state index contributed by atoms with van der Waals surface area (Å²) in [6.45, 7) is 1.41. The summed E-state index contributed by atoms with van der Waals surface area (Å²) < 4.78 is 0. The Morgan fingerprint density at radius 1 is 1.16 bits per heavy atom. The van der Waals surface area contributed by atoms with Crippen LogP contribution < -0.4 is 16.1 Å². The number of hydrogen-bond donors (Lipinski definition) is 2. The number of nitrogens with one attached hydrogen (secondary N) is 1. The topological polar surface area (TPSA) is 108 Å². The molecule has 2 aliphatic heterocycles. The maximum atomic E-state index is 12.3. The largest absolute Gasteiger partial charge is 0.368 e. The minimum atomic E-state index is -0.711. The lowest BCUT2D eigenvalue weighted by Crippen LogP contribution is -2.42. The summed E-state index contributed by atoms with van der Waals surface area (Å²) in [7, 11) is 0. The number of carbonyl (C=O) groups is 3. The van der Waals surface area contributed by atoms with Crippen molar-refractivity contribution >= 4 is 29.1 Å². The predicted molar refractivity (Wildman–Crippen MR) is 92.8 cm³/mol. The molecule has 8 heteroatoms. The van der Waals surface area contributed by atoms with E-state index in [4.69, 9.17) is 5.73 Å². The molecular formula is C17H21N5O3. The van der Waals surface area contributed by atoms with Gasteiger partial charge in [0.1, 0.15) is 11.8 Å². The number of primary amides is 1. The van der Waals surface area contributed by atoms with Crippen molar-refractivity contribution in [3.8, 4) is 0 Å². The van der Waals surface area contributed by atoms with Gasteiger partial charge in [0.25, 0.3) is 5.91 Å². The van der Waals surface area contributed by atoms with Gasteiger partial charge in [0, 0.05) is 19.5 Å². The first-order valence-corrected chi connectivity index (χ1v) is 8.33. The monoisotopic (exact) mass is 343 g/mol. The van der Waals surface area contributed by atoms with Crippen molar-refractivity contribution in [2.75, 3.05) is 24.6 Å². The van der Waals surface area contributed by atoms with Crippen LogP contribution in [0.3, 0.4) is 0 Å². The third kappa shape index (κ3) is 3.78. The van der Waals surface area contributed by atoms with E-state index in [0.717, 1.165) is 25.9 Å². The summed E-state index contributed by atoms with van der Waals surface area (Å²) in [5.74, 6) is -1.10. The quantitative estimate of drug-likeness (QED) is 0.775. The zero-order valence-electron chi connectivity index (χ0n) is 13.9. The van der Waals surface area contributed by atoms with E-state index >= 15 is 0 Å². The van der Waals surface area contributed by atoms with Crippen molar-refractivity contribution < 1.29 is 14.4 Å². The number of hydrogen-bond acceptors (Lipinski definition) is 5. The molecule has 0 aromatic heterocycles. The number of likely N-dealkylation sites (tertiary alicyclic amines) is 1. The normalized spacial score (nSPS) is 19.7. The van der Waals surface area contributed by atoms with E-state index in [1.54, 1.807) is 17.0 Å². The summed E-state index contributed by atoms with van der Waals surface area (Å²) in [6.07, 6.45) is 2.12. The molecule has 1 aromatic carbocycles. The Hall–Kier alpha value is -2.90. The molecular weight excluding hydrogens is 322 g/mol. The first kappa shape index (κ1) is 16.9. The minimum Gasteiger partial charge on any atom is -0.368 e. The molecule has 2 heterocycles. The number of rotatable bonds is 5. The molecule has 132 valence electrons. The fourth-order valence-electron chi connectivity index (χ4n) is 3.02. The van der Waals surface area contributed by atoms with Crippen LogP contribution in [-0.2, 0) is 14.4 Å². The predicted octanol–water partition coefficient (Wildman–Crippen LogP) is -0.155. The summed E-state index contributed by atoms with van der Waals surface area (Å²) in [5.41, 5.74) is 6.33. The summed E-state index contributed by atoms with van der Waals surface area (Å²) in [4.78, 5) is 37.8. The fourth-order valence-corrected chi connectivity index (χ4v) is 3.02. The lowest BCUT2D eigenvalue weighted by Gasteiger charge is -2.20. The van der Waals surface area contributed by atoms with Gasteiger partial charge in [-0.1, -0.05) is 18.2 Å². The first-order chi connectivity index (χ1) is 12.1. The molecule has 0 spiro atoms. The first-order valence-electron chi connectivity index (χ1n) is 8.33. The van der Waals surface area contributed by atoms with Crippen LogP contribution in [0.2, 0.25) is 0 Å². The van der Waals surface area contributed by atoms with E-state index in [-0.39, 0.29) is 24.6 Å². The fraction of sp³-hybridized carbons (Fsp3) is 0.412. The second-order valence-corrected chi connectivity index (χ2v) is 6.12. The van der Waals surface area contributed by atoms with Gasteiger partial charge in [0.05, 0.1) is 12.2 Å². The number of hydrazone groups is 1. The molecule has 0 aliphatic carbocycles. The highest BCUT2D eigenvalue weighted by Gasteiger charge is 2.35. The van der Waals surface area contributed by atoms with E-state index in [1.807, 2.05) is 18.2 Å². The number of anilines is 1. The maximum absolute atomic E-state index is 12.3. The molecule has 1 fully saturated rings. The maximum Gasteiger partial charge on any atom is 0.268 e. The van der Waals surface area contributed by atoms with E-state index < -0.39 is 17.9 Å². The van der Waals surface area contributed by atoms with Crippen LogP contribution >= 0.6 is 0 Å². The number of nitrogens with zero attached hydrogens (tertiary/aromatic N) is 3. The molecule has 2 aliphatic rings. The number of para-hydroxylation sites is 1. The molecule has 3 amide bonds.